The number of rotatable bonds is 6. The molecule has 0 aliphatic heterocycles. The van der Waals surface area contributed by atoms with Gasteiger partial charge in [0.25, 0.3) is 0 Å². The molecule has 0 fully saturated rings. The highest BCUT2D eigenvalue weighted by Gasteiger charge is 2.18. The molecule has 2 rings (SSSR count). The predicted molar refractivity (Wildman–Crippen MR) is 67.3 cm³/mol. The Hall–Kier alpha value is -1.09. The minimum Gasteiger partial charge on any atom is -0.396 e. The van der Waals surface area contributed by atoms with Crippen molar-refractivity contribution in [3.05, 3.63) is 23.5 Å². The number of carbonyl (C=O) groups is 1. The Kier molecular flexibility index (Phi) is 4.37. The van der Waals surface area contributed by atoms with Gasteiger partial charge in [-0.15, -0.1) is 0 Å². The van der Waals surface area contributed by atoms with Gasteiger partial charge < -0.3 is 9.67 Å². The number of hydrogen-bond acceptors (Lipinski definition) is 2. The lowest BCUT2D eigenvalue weighted by atomic mass is 9.95. The first-order valence-corrected chi connectivity index (χ1v) is 6.64. The third-order valence-electron chi connectivity index (χ3n) is 3.44. The van der Waals surface area contributed by atoms with E-state index in [0.717, 1.165) is 50.6 Å². The molecule has 0 saturated carbocycles. The summed E-state index contributed by atoms with van der Waals surface area (Å²) in [5.74, 6) is 0.310. The fourth-order valence-electron chi connectivity index (χ4n) is 2.47. The van der Waals surface area contributed by atoms with Crippen molar-refractivity contribution in [1.29, 1.82) is 0 Å². The molecular formula is C14H21NO2. The topological polar surface area (TPSA) is 42.2 Å². The molecule has 0 saturated heterocycles. The van der Waals surface area contributed by atoms with Gasteiger partial charge in [-0.1, -0.05) is 12.8 Å². The van der Waals surface area contributed by atoms with E-state index in [-0.39, 0.29) is 0 Å². The van der Waals surface area contributed by atoms with Crippen LogP contribution in [-0.2, 0) is 13.0 Å². The van der Waals surface area contributed by atoms with Gasteiger partial charge in [-0.05, 0) is 31.2 Å². The second-order valence-electron chi connectivity index (χ2n) is 4.85. The molecule has 0 aromatic carbocycles. The Morgan fingerprint density at radius 1 is 1.12 bits per heavy atom. The second kappa shape index (κ2) is 6.01. The van der Waals surface area contributed by atoms with Crippen LogP contribution in [0.1, 0.15) is 54.4 Å². The van der Waals surface area contributed by atoms with Crippen molar-refractivity contribution in [3.8, 4) is 0 Å². The maximum atomic E-state index is 11.7. The standard InChI is InChI=1S/C14H21NO2/c16-9-4-2-1-3-8-15-10-12-6-5-7-14(17)13(12)11-15/h10-11,16H,1-9H2. The third kappa shape index (κ3) is 3.19. The van der Waals surface area contributed by atoms with E-state index in [1.165, 1.54) is 5.56 Å². The van der Waals surface area contributed by atoms with Gasteiger partial charge in [0, 0.05) is 37.5 Å². The molecule has 17 heavy (non-hydrogen) atoms. The van der Waals surface area contributed by atoms with Crippen molar-refractivity contribution in [2.24, 2.45) is 0 Å². The number of ketones is 1. The highest BCUT2D eigenvalue weighted by Crippen LogP contribution is 2.22. The molecule has 1 aliphatic carbocycles. The molecule has 1 aliphatic rings. The molecule has 0 amide bonds. The fraction of sp³-hybridized carbons (Fsp3) is 0.643. The first-order valence-electron chi connectivity index (χ1n) is 6.64. The zero-order valence-corrected chi connectivity index (χ0v) is 10.3. The zero-order valence-electron chi connectivity index (χ0n) is 10.3. The molecule has 0 radical (unpaired) electrons. The van der Waals surface area contributed by atoms with Crippen LogP contribution in [0, 0.1) is 0 Å². The smallest absolute Gasteiger partial charge is 0.164 e. The predicted octanol–water partition coefficient (Wildman–Crippen LogP) is 2.56. The average molecular weight is 235 g/mol. The maximum Gasteiger partial charge on any atom is 0.164 e. The van der Waals surface area contributed by atoms with Crippen LogP contribution in [0.3, 0.4) is 0 Å². The Labute approximate surface area is 102 Å². The number of nitrogens with zero attached hydrogens (tertiary/aromatic N) is 1. The number of carbonyl (C=O) groups excluding carboxylic acids is 1. The Balaban J connectivity index is 1.83. The maximum absolute atomic E-state index is 11.7. The molecule has 3 heteroatoms. The summed E-state index contributed by atoms with van der Waals surface area (Å²) in [7, 11) is 0. The lowest BCUT2D eigenvalue weighted by Crippen LogP contribution is -2.07. The van der Waals surface area contributed by atoms with Crippen molar-refractivity contribution < 1.29 is 9.90 Å². The minimum absolute atomic E-state index is 0.298. The normalized spacial score (nSPS) is 15.0. The van der Waals surface area contributed by atoms with Gasteiger partial charge in [0.2, 0.25) is 0 Å². The van der Waals surface area contributed by atoms with Crippen LogP contribution in [0.25, 0.3) is 0 Å². The van der Waals surface area contributed by atoms with Crippen molar-refractivity contribution >= 4 is 5.78 Å². The van der Waals surface area contributed by atoms with E-state index >= 15 is 0 Å². The summed E-state index contributed by atoms with van der Waals surface area (Å²) in [4.78, 5) is 11.7. The number of aliphatic hydroxyl groups excluding tert-OH is 1. The van der Waals surface area contributed by atoms with Crippen molar-refractivity contribution in [2.75, 3.05) is 6.61 Å². The quantitative estimate of drug-likeness (QED) is 0.770. The van der Waals surface area contributed by atoms with Crippen molar-refractivity contribution in [3.63, 3.8) is 0 Å². The van der Waals surface area contributed by atoms with Gasteiger partial charge in [0.15, 0.2) is 5.78 Å². The Morgan fingerprint density at radius 2 is 1.94 bits per heavy atom. The van der Waals surface area contributed by atoms with E-state index in [2.05, 4.69) is 10.8 Å². The van der Waals surface area contributed by atoms with Gasteiger partial charge in [0.1, 0.15) is 0 Å². The van der Waals surface area contributed by atoms with E-state index in [9.17, 15) is 4.79 Å². The van der Waals surface area contributed by atoms with Crippen LogP contribution in [0.2, 0.25) is 0 Å². The second-order valence-corrected chi connectivity index (χ2v) is 4.85. The molecule has 0 bridgehead atoms. The summed E-state index contributed by atoms with van der Waals surface area (Å²) in [6.07, 6.45) is 11.2. The molecule has 94 valence electrons. The van der Waals surface area contributed by atoms with Gasteiger partial charge in [-0.25, -0.2) is 0 Å². The Morgan fingerprint density at radius 3 is 2.71 bits per heavy atom. The molecule has 1 aromatic heterocycles. The van der Waals surface area contributed by atoms with Crippen LogP contribution in [0.4, 0.5) is 0 Å². The highest BCUT2D eigenvalue weighted by atomic mass is 16.2. The molecule has 0 atom stereocenters. The van der Waals surface area contributed by atoms with E-state index in [4.69, 9.17) is 5.11 Å². The van der Waals surface area contributed by atoms with Gasteiger partial charge in [0.05, 0.1) is 0 Å². The van der Waals surface area contributed by atoms with Crippen LogP contribution in [0.15, 0.2) is 12.4 Å². The van der Waals surface area contributed by atoms with E-state index < -0.39 is 0 Å². The van der Waals surface area contributed by atoms with E-state index in [0.29, 0.717) is 18.8 Å². The zero-order chi connectivity index (χ0) is 12.1. The summed E-state index contributed by atoms with van der Waals surface area (Å²) < 4.78 is 2.16. The molecule has 0 unspecified atom stereocenters. The summed E-state index contributed by atoms with van der Waals surface area (Å²) in [6.45, 7) is 1.29. The fourth-order valence-corrected chi connectivity index (χ4v) is 2.47. The van der Waals surface area contributed by atoms with Gasteiger partial charge in [-0.2, -0.15) is 0 Å². The molecule has 3 nitrogen and oxygen atoms in total. The van der Waals surface area contributed by atoms with Crippen molar-refractivity contribution in [2.45, 2.75) is 51.5 Å². The SMILES string of the molecule is O=C1CCCc2cn(CCCCCCO)cc21. The summed E-state index contributed by atoms with van der Waals surface area (Å²) in [5.41, 5.74) is 2.18. The monoisotopic (exact) mass is 235 g/mol. The number of aliphatic hydroxyl groups is 1. The lowest BCUT2D eigenvalue weighted by molar-refractivity contribution is 0.0973. The number of aryl methyl sites for hydroxylation is 2. The van der Waals surface area contributed by atoms with Crippen LogP contribution in [0.5, 0.6) is 0 Å². The van der Waals surface area contributed by atoms with E-state index in [1.54, 1.807) is 0 Å². The molecule has 1 N–H and O–H groups in total. The molecule has 0 spiro atoms. The Bertz CT molecular complexity index is 382. The number of unbranched alkanes of at least 4 members (excludes halogenated alkanes) is 3. The van der Waals surface area contributed by atoms with Crippen LogP contribution >= 0.6 is 0 Å². The number of fused-ring (bicyclic) bond motifs is 1. The first kappa shape index (κ1) is 12.4. The van der Waals surface area contributed by atoms with E-state index in [1.807, 2.05) is 6.20 Å². The number of Topliss-reactive ketones (excluding diaryl/α,β-unsaturated/α-hetero) is 1. The summed E-state index contributed by atoms with van der Waals surface area (Å²) in [6, 6.07) is 0. The largest absolute Gasteiger partial charge is 0.396 e. The van der Waals surface area contributed by atoms with Crippen LogP contribution in [-0.4, -0.2) is 22.1 Å². The first-order chi connectivity index (χ1) is 8.31. The highest BCUT2D eigenvalue weighted by molar-refractivity contribution is 5.98. The average Bonchev–Trinajstić information content (AvgIpc) is 2.73. The molecular weight excluding hydrogens is 214 g/mol. The minimum atomic E-state index is 0.298. The van der Waals surface area contributed by atoms with Crippen molar-refractivity contribution in [1.82, 2.24) is 4.57 Å². The van der Waals surface area contributed by atoms with Gasteiger partial charge >= 0.3 is 0 Å². The number of hydrogen-bond donors (Lipinski definition) is 1. The van der Waals surface area contributed by atoms with Crippen LogP contribution < -0.4 is 0 Å². The summed E-state index contributed by atoms with van der Waals surface area (Å²) >= 11 is 0. The molecule has 1 heterocycles. The van der Waals surface area contributed by atoms with Gasteiger partial charge in [-0.3, -0.25) is 4.79 Å². The number of aromatic nitrogens is 1. The molecule has 1 aromatic rings. The summed E-state index contributed by atoms with van der Waals surface area (Å²) in [5, 5.41) is 8.68. The lowest BCUT2D eigenvalue weighted by Gasteiger charge is -2.07. The third-order valence-corrected chi connectivity index (χ3v) is 3.44.